The number of hydrogen-bond donors (Lipinski definition) is 1. The van der Waals surface area contributed by atoms with Crippen molar-refractivity contribution in [1.29, 1.82) is 0 Å². The topological polar surface area (TPSA) is 19.7 Å². The highest BCUT2D eigenvalue weighted by Gasteiger charge is 2.08. The van der Waals surface area contributed by atoms with Gasteiger partial charge < -0.3 is 0 Å². The Morgan fingerprint density at radius 3 is 3.00 bits per heavy atom. The van der Waals surface area contributed by atoms with Crippen molar-refractivity contribution in [3.8, 4) is 0 Å². The third-order valence-corrected chi connectivity index (χ3v) is 3.57. The molecule has 0 amide bonds. The maximum absolute atomic E-state index is 3.31. The van der Waals surface area contributed by atoms with Gasteiger partial charge in [-0.2, -0.15) is 23.5 Å². The fourth-order valence-corrected chi connectivity index (χ4v) is 2.33. The Morgan fingerprint density at radius 1 is 1.43 bits per heavy atom. The highest BCUT2D eigenvalue weighted by atomic mass is 32.2. The van der Waals surface area contributed by atoms with Crippen LogP contribution in [-0.2, 0) is 13.0 Å². The average molecular weight is 231 g/mol. The summed E-state index contributed by atoms with van der Waals surface area (Å²) in [5.41, 5.74) is 0. The minimum atomic E-state index is 1.12. The zero-order valence-electron chi connectivity index (χ0n) is 8.95. The van der Waals surface area contributed by atoms with Crippen molar-refractivity contribution in [2.75, 3.05) is 23.5 Å². The molecular weight excluding hydrogens is 212 g/mol. The van der Waals surface area contributed by atoms with Crippen LogP contribution in [0.2, 0.25) is 0 Å². The molecule has 14 heavy (non-hydrogen) atoms. The van der Waals surface area contributed by atoms with Crippen LogP contribution in [0.15, 0.2) is 12.4 Å². The lowest BCUT2D eigenvalue weighted by molar-refractivity contribution is -0.698. The van der Waals surface area contributed by atoms with Gasteiger partial charge in [-0.25, -0.2) is 9.55 Å². The number of aryl methyl sites for hydroxylation is 2. The molecule has 0 spiro atoms. The molecule has 1 aromatic heterocycles. The molecule has 1 rings (SSSR count). The molecule has 0 fully saturated rings. The van der Waals surface area contributed by atoms with Gasteiger partial charge in [0, 0.05) is 11.5 Å². The van der Waals surface area contributed by atoms with E-state index in [4.69, 9.17) is 0 Å². The summed E-state index contributed by atoms with van der Waals surface area (Å²) in [6, 6.07) is 0. The van der Waals surface area contributed by atoms with Gasteiger partial charge in [-0.15, -0.1) is 0 Å². The highest BCUT2D eigenvalue weighted by molar-refractivity contribution is 7.99. The van der Waals surface area contributed by atoms with Crippen molar-refractivity contribution >= 4 is 23.5 Å². The Bertz CT molecular complexity index is 248. The van der Waals surface area contributed by atoms with Crippen LogP contribution < -0.4 is 4.57 Å². The number of nitrogens with zero attached hydrogens (tertiary/aromatic N) is 1. The van der Waals surface area contributed by atoms with E-state index in [1.165, 1.54) is 23.1 Å². The molecule has 0 radical (unpaired) electrons. The molecule has 1 N–H and O–H groups in total. The predicted octanol–water partition coefficient (Wildman–Crippen LogP) is 1.96. The second-order valence-electron chi connectivity index (χ2n) is 3.04. The number of imidazole rings is 1. The summed E-state index contributed by atoms with van der Waals surface area (Å²) in [6.45, 7) is 3.33. The standard InChI is InChI=1S/C10H18N2S2/c1-3-14-8-4-10-11-5-6-12(10)7-9-13-2/h5-6H,3-4,7-9H2,1-2H3/p+1. The quantitative estimate of drug-likeness (QED) is 0.572. The van der Waals surface area contributed by atoms with Gasteiger partial charge in [-0.05, 0) is 12.0 Å². The first kappa shape index (κ1) is 12.0. The van der Waals surface area contributed by atoms with E-state index in [9.17, 15) is 0 Å². The maximum atomic E-state index is 3.31. The lowest BCUT2D eigenvalue weighted by atomic mass is 10.4. The van der Waals surface area contributed by atoms with Gasteiger partial charge in [0.1, 0.15) is 12.4 Å². The Labute approximate surface area is 94.9 Å². The smallest absolute Gasteiger partial charge is 0.248 e. The fraction of sp³-hybridized carbons (Fsp3) is 0.700. The van der Waals surface area contributed by atoms with E-state index in [2.05, 4.69) is 28.9 Å². The first-order valence-corrected chi connectivity index (χ1v) is 7.55. The van der Waals surface area contributed by atoms with Gasteiger partial charge in [-0.1, -0.05) is 6.92 Å². The van der Waals surface area contributed by atoms with E-state index >= 15 is 0 Å². The van der Waals surface area contributed by atoms with Crippen molar-refractivity contribution in [2.24, 2.45) is 0 Å². The number of hydrogen-bond acceptors (Lipinski definition) is 2. The molecule has 1 heterocycles. The zero-order valence-corrected chi connectivity index (χ0v) is 10.6. The molecule has 80 valence electrons. The molecule has 2 nitrogen and oxygen atoms in total. The first-order valence-electron chi connectivity index (χ1n) is 5.00. The Morgan fingerprint density at radius 2 is 2.29 bits per heavy atom. The molecule has 0 aliphatic rings. The van der Waals surface area contributed by atoms with Crippen LogP contribution in [0.5, 0.6) is 0 Å². The van der Waals surface area contributed by atoms with E-state index in [1.54, 1.807) is 0 Å². The van der Waals surface area contributed by atoms with Gasteiger partial charge in [0.05, 0.1) is 13.0 Å². The normalized spacial score (nSPS) is 10.7. The Balaban J connectivity index is 2.37. The number of aromatic nitrogens is 2. The maximum Gasteiger partial charge on any atom is 0.255 e. The summed E-state index contributed by atoms with van der Waals surface area (Å²) >= 11 is 3.90. The van der Waals surface area contributed by atoms with Crippen molar-refractivity contribution < 1.29 is 4.57 Å². The van der Waals surface area contributed by atoms with Crippen molar-refractivity contribution in [3.63, 3.8) is 0 Å². The molecule has 0 aliphatic heterocycles. The summed E-state index contributed by atoms with van der Waals surface area (Å²) in [5.74, 6) is 4.98. The molecule has 0 atom stereocenters. The minimum absolute atomic E-state index is 1.12. The molecule has 0 aromatic carbocycles. The Kier molecular flexibility index (Phi) is 6.19. The minimum Gasteiger partial charge on any atom is -0.248 e. The van der Waals surface area contributed by atoms with Crippen LogP contribution >= 0.6 is 23.5 Å². The van der Waals surface area contributed by atoms with E-state index in [-0.39, 0.29) is 0 Å². The predicted molar refractivity (Wildman–Crippen MR) is 66.1 cm³/mol. The molecule has 4 heteroatoms. The van der Waals surface area contributed by atoms with E-state index in [0.717, 1.165) is 13.0 Å². The number of aromatic amines is 1. The average Bonchev–Trinajstić information content (AvgIpc) is 2.63. The SMILES string of the molecule is CCSCCc1[nH]cc[n+]1CCSC. The molecule has 0 saturated heterocycles. The lowest BCUT2D eigenvalue weighted by Crippen LogP contribution is -2.37. The number of nitrogens with one attached hydrogen (secondary N) is 1. The van der Waals surface area contributed by atoms with Crippen LogP contribution in [0.1, 0.15) is 12.7 Å². The van der Waals surface area contributed by atoms with Crippen molar-refractivity contribution in [1.82, 2.24) is 4.98 Å². The first-order chi connectivity index (χ1) is 6.88. The highest BCUT2D eigenvalue weighted by Crippen LogP contribution is 2.01. The van der Waals surface area contributed by atoms with Gasteiger partial charge in [0.2, 0.25) is 0 Å². The molecule has 0 saturated carbocycles. The number of rotatable bonds is 7. The molecular formula is C10H19N2S2+. The summed E-state index contributed by atoms with van der Waals surface area (Å²) in [4.78, 5) is 3.31. The second kappa shape index (κ2) is 7.23. The molecule has 0 aliphatic carbocycles. The largest absolute Gasteiger partial charge is 0.255 e. The van der Waals surface area contributed by atoms with Crippen molar-refractivity contribution in [3.05, 3.63) is 18.2 Å². The third kappa shape index (κ3) is 3.96. The summed E-state index contributed by atoms with van der Waals surface area (Å²) in [5, 5.41) is 0. The number of H-pyrrole nitrogens is 1. The summed E-state index contributed by atoms with van der Waals surface area (Å²) < 4.78 is 2.33. The van der Waals surface area contributed by atoms with Crippen LogP contribution in [0, 0.1) is 0 Å². The van der Waals surface area contributed by atoms with Crippen LogP contribution in [0.3, 0.4) is 0 Å². The zero-order chi connectivity index (χ0) is 10.2. The Hall–Kier alpha value is -0.0900. The number of thioether (sulfide) groups is 2. The summed E-state index contributed by atoms with van der Waals surface area (Å²) in [7, 11) is 0. The molecule has 0 unspecified atom stereocenters. The van der Waals surface area contributed by atoms with E-state index < -0.39 is 0 Å². The fourth-order valence-electron chi connectivity index (χ4n) is 1.32. The molecule has 1 aromatic rings. The molecule has 0 bridgehead atoms. The third-order valence-electron chi connectivity index (χ3n) is 2.07. The second-order valence-corrected chi connectivity index (χ2v) is 5.42. The van der Waals surface area contributed by atoms with Crippen LogP contribution in [0.4, 0.5) is 0 Å². The lowest BCUT2D eigenvalue weighted by Gasteiger charge is -1.99. The van der Waals surface area contributed by atoms with E-state index in [1.807, 2.05) is 29.7 Å². The van der Waals surface area contributed by atoms with Crippen LogP contribution in [0.25, 0.3) is 0 Å². The van der Waals surface area contributed by atoms with E-state index in [0.29, 0.717) is 0 Å². The summed E-state index contributed by atoms with van der Waals surface area (Å²) in [6.07, 6.45) is 7.48. The van der Waals surface area contributed by atoms with Crippen molar-refractivity contribution in [2.45, 2.75) is 19.9 Å². The van der Waals surface area contributed by atoms with Gasteiger partial charge in [0.15, 0.2) is 0 Å². The van der Waals surface area contributed by atoms with Gasteiger partial charge in [-0.3, -0.25) is 0 Å². The van der Waals surface area contributed by atoms with Gasteiger partial charge >= 0.3 is 0 Å². The monoisotopic (exact) mass is 231 g/mol. The van der Waals surface area contributed by atoms with Gasteiger partial charge in [0.25, 0.3) is 5.82 Å². The van der Waals surface area contributed by atoms with Crippen LogP contribution in [-0.4, -0.2) is 28.5 Å².